The molecule has 0 fully saturated rings. The number of fused-ring (bicyclic) bond motifs is 1. The number of amides is 1. The normalized spacial score (nSPS) is 13.8. The van der Waals surface area contributed by atoms with Gasteiger partial charge in [-0.25, -0.2) is 13.6 Å². The Kier molecular flexibility index (Phi) is 5.93. The molecule has 2 aromatic heterocycles. The second kappa shape index (κ2) is 8.56. The topological polar surface area (TPSA) is 96.5 Å². The van der Waals surface area contributed by atoms with Gasteiger partial charge in [0.1, 0.15) is 23.8 Å². The van der Waals surface area contributed by atoms with E-state index in [1.54, 1.807) is 11.8 Å². The second-order valence-electron chi connectivity index (χ2n) is 7.72. The van der Waals surface area contributed by atoms with Crippen LogP contribution in [0.1, 0.15) is 37.0 Å². The number of nitrogens with zero attached hydrogens (tertiary/aromatic N) is 6. The van der Waals surface area contributed by atoms with Crippen LogP contribution >= 0.6 is 11.6 Å². The van der Waals surface area contributed by atoms with E-state index in [1.165, 1.54) is 16.8 Å². The summed E-state index contributed by atoms with van der Waals surface area (Å²) in [6, 6.07) is 2.18. The molecular weight excluding hydrogens is 458 g/mol. The zero-order valence-corrected chi connectivity index (χ0v) is 18.8. The Balaban J connectivity index is 1.90. The molecule has 0 unspecified atom stereocenters. The van der Waals surface area contributed by atoms with Crippen molar-refractivity contribution < 1.29 is 18.7 Å². The molecule has 3 aromatic rings. The van der Waals surface area contributed by atoms with Crippen LogP contribution in [0.5, 0.6) is 0 Å². The van der Waals surface area contributed by atoms with Gasteiger partial charge in [-0.1, -0.05) is 11.6 Å². The minimum Gasteiger partial charge on any atom is -0.388 e. The summed E-state index contributed by atoms with van der Waals surface area (Å²) in [6.07, 6.45) is 2.17. The maximum Gasteiger partial charge on any atom is 0.350 e. The first-order chi connectivity index (χ1) is 15.7. The minimum atomic E-state index is -0.874. The number of aliphatic hydroxyl groups excluding tert-OH is 1. The van der Waals surface area contributed by atoms with Crippen LogP contribution in [-0.2, 0) is 13.2 Å². The van der Waals surface area contributed by atoms with E-state index in [0.717, 1.165) is 21.8 Å². The maximum absolute atomic E-state index is 15.2. The molecule has 1 amide bonds. The van der Waals surface area contributed by atoms with Gasteiger partial charge in [0.25, 0.3) is 5.91 Å². The Labute approximate surface area is 192 Å². The highest BCUT2D eigenvalue weighted by atomic mass is 35.5. The molecule has 3 heterocycles. The molecule has 9 nitrogen and oxygen atoms in total. The van der Waals surface area contributed by atoms with Crippen LogP contribution in [-0.4, -0.2) is 43.1 Å². The fourth-order valence-corrected chi connectivity index (χ4v) is 4.11. The summed E-state index contributed by atoms with van der Waals surface area (Å²) in [5.74, 6) is -2.22. The smallest absolute Gasteiger partial charge is 0.350 e. The summed E-state index contributed by atoms with van der Waals surface area (Å²) in [7, 11) is 0. The van der Waals surface area contributed by atoms with Crippen molar-refractivity contribution in [1.82, 2.24) is 19.3 Å². The van der Waals surface area contributed by atoms with Crippen LogP contribution in [0.25, 0.3) is 5.69 Å². The van der Waals surface area contributed by atoms with Crippen LogP contribution in [0.4, 0.5) is 20.2 Å². The Hall–Kier alpha value is -3.31. The number of hydrogen-bond donors (Lipinski definition) is 1. The average Bonchev–Trinajstić information content (AvgIpc) is 3.10. The third kappa shape index (κ3) is 3.66. The third-order valence-electron chi connectivity index (χ3n) is 5.49. The summed E-state index contributed by atoms with van der Waals surface area (Å²) in [5.41, 5.74) is -0.597. The number of carbonyl (C=O) groups excluding carboxylic acids is 1. The number of aromatic nitrogens is 4. The number of hydrogen-bond acceptors (Lipinski definition) is 6. The summed E-state index contributed by atoms with van der Waals surface area (Å²) < 4.78 is 31.8. The van der Waals surface area contributed by atoms with E-state index in [-0.39, 0.29) is 47.0 Å². The van der Waals surface area contributed by atoms with Crippen molar-refractivity contribution in [2.75, 3.05) is 16.5 Å². The van der Waals surface area contributed by atoms with Gasteiger partial charge in [-0.05, 0) is 32.9 Å². The number of anilines is 2. The number of rotatable bonds is 5. The van der Waals surface area contributed by atoms with E-state index in [2.05, 4.69) is 10.1 Å². The van der Waals surface area contributed by atoms with Crippen LogP contribution in [0.2, 0.25) is 5.02 Å². The number of aliphatic hydroxyl groups is 1. The van der Waals surface area contributed by atoms with Gasteiger partial charge in [0.15, 0.2) is 11.6 Å². The fourth-order valence-electron chi connectivity index (χ4n) is 3.86. The van der Waals surface area contributed by atoms with Gasteiger partial charge in [0.2, 0.25) is 0 Å². The highest BCUT2D eigenvalue weighted by Gasteiger charge is 2.35. The van der Waals surface area contributed by atoms with Crippen molar-refractivity contribution in [3.63, 3.8) is 0 Å². The van der Waals surface area contributed by atoms with Crippen molar-refractivity contribution >= 4 is 28.9 Å². The quantitative estimate of drug-likeness (QED) is 0.605. The summed E-state index contributed by atoms with van der Waals surface area (Å²) >= 11 is 6.12. The molecule has 0 radical (unpaired) electrons. The molecule has 0 aliphatic carbocycles. The van der Waals surface area contributed by atoms with Gasteiger partial charge in [-0.3, -0.25) is 19.2 Å². The lowest BCUT2D eigenvalue weighted by atomic mass is 10.0. The van der Waals surface area contributed by atoms with Crippen molar-refractivity contribution in [3.05, 3.63) is 63.1 Å². The molecule has 0 bridgehead atoms. The highest BCUT2D eigenvalue weighted by molar-refractivity contribution is 6.34. The zero-order chi connectivity index (χ0) is 24.0. The molecule has 33 heavy (non-hydrogen) atoms. The van der Waals surface area contributed by atoms with Crippen LogP contribution in [0.3, 0.4) is 0 Å². The van der Waals surface area contributed by atoms with E-state index in [9.17, 15) is 19.1 Å². The van der Waals surface area contributed by atoms with E-state index in [4.69, 9.17) is 11.6 Å². The number of carbonyl (C=O) groups is 1. The molecular formula is C21H21ClF2N6O3. The fraction of sp³-hybridized carbons (Fsp3) is 0.333. The first-order valence-corrected chi connectivity index (χ1v) is 10.6. The average molecular weight is 479 g/mol. The van der Waals surface area contributed by atoms with Crippen LogP contribution < -0.4 is 15.5 Å². The maximum atomic E-state index is 15.2. The summed E-state index contributed by atoms with van der Waals surface area (Å²) in [5, 5.41) is 13.5. The molecule has 174 valence electrons. The van der Waals surface area contributed by atoms with Crippen molar-refractivity contribution in [2.45, 2.75) is 40.0 Å². The van der Waals surface area contributed by atoms with Gasteiger partial charge in [0, 0.05) is 18.8 Å². The van der Waals surface area contributed by atoms with E-state index in [0.29, 0.717) is 5.69 Å². The van der Waals surface area contributed by atoms with Gasteiger partial charge in [0.05, 0.1) is 29.1 Å². The lowest BCUT2D eigenvalue weighted by Gasteiger charge is -2.40. The lowest BCUT2D eigenvalue weighted by Crippen LogP contribution is -2.50. The SMILES string of the molecule is CCn1c(CO)nn(-c2cc3c(cc2F)C(=O)N(c2c(F)cncc2Cl)CN3C(C)C)c1=O. The predicted octanol–water partition coefficient (Wildman–Crippen LogP) is 2.71. The van der Waals surface area contributed by atoms with Crippen molar-refractivity contribution in [1.29, 1.82) is 0 Å². The van der Waals surface area contributed by atoms with Gasteiger partial charge in [-0.2, -0.15) is 4.68 Å². The molecule has 1 N–H and O–H groups in total. The van der Waals surface area contributed by atoms with Gasteiger partial charge >= 0.3 is 5.69 Å². The third-order valence-corrected chi connectivity index (χ3v) is 5.77. The monoisotopic (exact) mass is 478 g/mol. The molecule has 1 aromatic carbocycles. The summed E-state index contributed by atoms with van der Waals surface area (Å²) in [4.78, 5) is 32.6. The van der Waals surface area contributed by atoms with Crippen LogP contribution in [0, 0.1) is 11.6 Å². The standard InChI is InChI=1S/C21H21ClF2N6O3/c1-4-27-18(9-31)26-30(21(27)33)17-6-16-12(5-14(17)23)20(32)29(10-28(16)11(2)3)19-13(22)7-25-8-15(19)24/h5-8,11,31H,4,9-10H2,1-3H3. The Bertz CT molecular complexity index is 1290. The molecule has 1 aliphatic heterocycles. The first-order valence-electron chi connectivity index (χ1n) is 10.2. The van der Waals surface area contributed by atoms with E-state index < -0.39 is 29.8 Å². The van der Waals surface area contributed by atoms with Crippen LogP contribution in [0.15, 0.2) is 29.3 Å². The molecule has 12 heteroatoms. The molecule has 0 saturated heterocycles. The van der Waals surface area contributed by atoms with Crippen molar-refractivity contribution in [2.24, 2.45) is 0 Å². The molecule has 1 aliphatic rings. The lowest BCUT2D eigenvalue weighted by molar-refractivity contribution is 0.0980. The number of pyridine rings is 1. The zero-order valence-electron chi connectivity index (χ0n) is 18.1. The second-order valence-corrected chi connectivity index (χ2v) is 8.13. The van der Waals surface area contributed by atoms with E-state index in [1.807, 2.05) is 13.8 Å². The predicted molar refractivity (Wildman–Crippen MR) is 118 cm³/mol. The molecule has 0 atom stereocenters. The Morgan fingerprint density at radius 2 is 1.88 bits per heavy atom. The van der Waals surface area contributed by atoms with Gasteiger partial charge in [-0.15, -0.1) is 5.10 Å². The first kappa shape index (κ1) is 22.9. The largest absolute Gasteiger partial charge is 0.388 e. The van der Waals surface area contributed by atoms with Crippen molar-refractivity contribution in [3.8, 4) is 5.69 Å². The molecule has 0 spiro atoms. The Morgan fingerprint density at radius 3 is 2.45 bits per heavy atom. The highest BCUT2D eigenvalue weighted by Crippen LogP contribution is 2.37. The number of halogens is 3. The molecule has 4 rings (SSSR count). The minimum absolute atomic E-state index is 0.0196. The number of benzene rings is 1. The summed E-state index contributed by atoms with van der Waals surface area (Å²) in [6.45, 7) is 5.10. The Morgan fingerprint density at radius 1 is 1.15 bits per heavy atom. The molecule has 0 saturated carbocycles. The van der Waals surface area contributed by atoms with E-state index >= 15 is 4.39 Å². The van der Waals surface area contributed by atoms with Gasteiger partial charge < -0.3 is 10.0 Å².